The zero-order valence-electron chi connectivity index (χ0n) is 6.81. The molecule has 0 aromatic heterocycles. The van der Waals surface area contributed by atoms with Crippen LogP contribution in [0.1, 0.15) is 38.5 Å². The number of hydrogen-bond donors (Lipinski definition) is 0. The van der Waals surface area contributed by atoms with Gasteiger partial charge in [0.25, 0.3) is 0 Å². The third-order valence-corrected chi connectivity index (χ3v) is 3.52. The van der Waals surface area contributed by atoms with Gasteiger partial charge in [0.05, 0.1) is 12.2 Å². The summed E-state index contributed by atoms with van der Waals surface area (Å²) in [6.07, 6.45) is 8.01. The lowest BCUT2D eigenvalue weighted by Gasteiger charge is -2.32. The number of alkyl halides is 1. The van der Waals surface area contributed by atoms with Gasteiger partial charge in [-0.25, -0.2) is 0 Å². The number of ether oxygens (including phenoxy) is 1. The predicted octanol–water partition coefficient (Wildman–Crippen LogP) is 2.87. The number of rotatable bonds is 0. The van der Waals surface area contributed by atoms with Crippen LogP contribution in [0.2, 0.25) is 0 Å². The van der Waals surface area contributed by atoms with Crippen molar-refractivity contribution in [1.82, 2.24) is 0 Å². The molecule has 0 amide bonds. The van der Waals surface area contributed by atoms with E-state index in [1.807, 2.05) is 0 Å². The summed E-state index contributed by atoms with van der Waals surface area (Å²) in [7, 11) is 0. The summed E-state index contributed by atoms with van der Waals surface area (Å²) < 4.78 is 5.85. The van der Waals surface area contributed by atoms with Gasteiger partial charge >= 0.3 is 0 Å². The number of hydrogen-bond acceptors (Lipinski definition) is 1. The highest BCUT2D eigenvalue weighted by Gasteiger charge is 2.39. The molecule has 0 radical (unpaired) electrons. The van der Waals surface area contributed by atoms with Crippen molar-refractivity contribution >= 4 is 15.9 Å². The van der Waals surface area contributed by atoms with E-state index >= 15 is 0 Å². The Kier molecular flexibility index (Phi) is 2.24. The number of halogens is 1. The van der Waals surface area contributed by atoms with Gasteiger partial charge < -0.3 is 4.74 Å². The third kappa shape index (κ3) is 1.62. The van der Waals surface area contributed by atoms with Crippen LogP contribution in [-0.2, 0) is 4.74 Å². The van der Waals surface area contributed by atoms with E-state index in [-0.39, 0.29) is 0 Å². The van der Waals surface area contributed by atoms with Gasteiger partial charge in [-0.15, -0.1) is 0 Å². The highest BCUT2D eigenvalue weighted by molar-refractivity contribution is 9.09. The Labute approximate surface area is 76.6 Å². The first-order chi connectivity index (χ1) is 5.31. The van der Waals surface area contributed by atoms with E-state index in [4.69, 9.17) is 4.74 Å². The van der Waals surface area contributed by atoms with Crippen LogP contribution in [0.5, 0.6) is 0 Å². The molecule has 1 aliphatic carbocycles. The molecule has 1 aliphatic heterocycles. The van der Waals surface area contributed by atoms with Crippen LogP contribution < -0.4 is 0 Å². The minimum absolute atomic E-state index is 0.298. The van der Waals surface area contributed by atoms with Crippen molar-refractivity contribution in [2.24, 2.45) is 0 Å². The highest BCUT2D eigenvalue weighted by Crippen LogP contribution is 2.41. The van der Waals surface area contributed by atoms with E-state index in [0.29, 0.717) is 10.4 Å². The first-order valence-electron chi connectivity index (χ1n) is 4.59. The Morgan fingerprint density at radius 2 is 1.91 bits per heavy atom. The summed E-state index contributed by atoms with van der Waals surface area (Å²) in [5, 5.41) is 0. The van der Waals surface area contributed by atoms with Crippen LogP contribution in [0.15, 0.2) is 0 Å². The quantitative estimate of drug-likeness (QED) is 0.569. The van der Waals surface area contributed by atoms with Crippen LogP contribution in [-0.4, -0.2) is 17.0 Å². The summed E-state index contributed by atoms with van der Waals surface area (Å²) in [6, 6.07) is 0. The third-order valence-electron chi connectivity index (χ3n) is 2.93. The van der Waals surface area contributed by atoms with E-state index in [1.165, 1.54) is 38.5 Å². The Bertz CT molecular complexity index is 135. The van der Waals surface area contributed by atoms with Crippen molar-refractivity contribution in [3.8, 4) is 0 Å². The molecule has 1 nitrogen and oxygen atoms in total. The molecule has 1 saturated heterocycles. The Hall–Kier alpha value is 0.440. The van der Waals surface area contributed by atoms with Crippen molar-refractivity contribution in [2.75, 3.05) is 6.61 Å². The molecular weight excluding hydrogens is 204 g/mol. The monoisotopic (exact) mass is 218 g/mol. The lowest BCUT2D eigenvalue weighted by molar-refractivity contribution is -0.0242. The van der Waals surface area contributed by atoms with Crippen LogP contribution >= 0.6 is 15.9 Å². The van der Waals surface area contributed by atoms with Gasteiger partial charge in [-0.3, -0.25) is 0 Å². The van der Waals surface area contributed by atoms with E-state index in [2.05, 4.69) is 15.9 Å². The summed E-state index contributed by atoms with van der Waals surface area (Å²) in [6.45, 7) is 0.931. The minimum atomic E-state index is 0.298. The minimum Gasteiger partial charge on any atom is -0.374 e. The van der Waals surface area contributed by atoms with E-state index in [9.17, 15) is 0 Å². The molecule has 2 aliphatic rings. The normalized spacial score (nSPS) is 36.3. The van der Waals surface area contributed by atoms with Gasteiger partial charge in [-0.1, -0.05) is 35.2 Å². The standard InChI is InChI=1S/C9H15BrO/c10-8-6-9(11-7-8)4-2-1-3-5-9/h8H,1-7H2/t8-/m0/s1. The summed E-state index contributed by atoms with van der Waals surface area (Å²) in [5.74, 6) is 0. The smallest absolute Gasteiger partial charge is 0.0694 e. The van der Waals surface area contributed by atoms with E-state index < -0.39 is 0 Å². The van der Waals surface area contributed by atoms with Crippen LogP contribution in [0.25, 0.3) is 0 Å². The summed E-state index contributed by atoms with van der Waals surface area (Å²) >= 11 is 3.62. The molecule has 2 fully saturated rings. The molecule has 64 valence electrons. The van der Waals surface area contributed by atoms with Gasteiger partial charge in [-0.05, 0) is 19.3 Å². The topological polar surface area (TPSA) is 9.23 Å². The predicted molar refractivity (Wildman–Crippen MR) is 49.1 cm³/mol. The maximum Gasteiger partial charge on any atom is 0.0694 e. The fourth-order valence-corrected chi connectivity index (χ4v) is 3.06. The molecule has 1 saturated carbocycles. The van der Waals surface area contributed by atoms with E-state index in [1.54, 1.807) is 0 Å². The molecule has 1 spiro atoms. The molecule has 0 unspecified atom stereocenters. The SMILES string of the molecule is Br[C@@H]1COC2(CCCCC2)C1. The Morgan fingerprint density at radius 1 is 1.18 bits per heavy atom. The molecule has 0 bridgehead atoms. The molecule has 11 heavy (non-hydrogen) atoms. The van der Waals surface area contributed by atoms with Crippen molar-refractivity contribution in [3.05, 3.63) is 0 Å². The molecule has 0 aromatic rings. The second-order valence-corrected chi connectivity index (χ2v) is 5.15. The van der Waals surface area contributed by atoms with Crippen LogP contribution in [0.3, 0.4) is 0 Å². The van der Waals surface area contributed by atoms with Gasteiger partial charge in [-0.2, -0.15) is 0 Å². The van der Waals surface area contributed by atoms with Crippen LogP contribution in [0, 0.1) is 0 Å². The summed E-state index contributed by atoms with van der Waals surface area (Å²) in [4.78, 5) is 0.626. The van der Waals surface area contributed by atoms with Gasteiger partial charge in [0, 0.05) is 4.83 Å². The average molecular weight is 219 g/mol. The van der Waals surface area contributed by atoms with Crippen molar-refractivity contribution in [3.63, 3.8) is 0 Å². The highest BCUT2D eigenvalue weighted by atomic mass is 79.9. The first kappa shape index (κ1) is 8.06. The van der Waals surface area contributed by atoms with Gasteiger partial charge in [0.1, 0.15) is 0 Å². The van der Waals surface area contributed by atoms with E-state index in [0.717, 1.165) is 6.61 Å². The second kappa shape index (κ2) is 3.06. The molecule has 2 heteroatoms. The molecule has 0 aromatic carbocycles. The summed E-state index contributed by atoms with van der Waals surface area (Å²) in [5.41, 5.74) is 0.298. The molecule has 2 rings (SSSR count). The molecule has 0 N–H and O–H groups in total. The molecule has 1 heterocycles. The maximum absolute atomic E-state index is 5.85. The fourth-order valence-electron chi connectivity index (χ4n) is 2.33. The van der Waals surface area contributed by atoms with Crippen LogP contribution in [0.4, 0.5) is 0 Å². The largest absolute Gasteiger partial charge is 0.374 e. The average Bonchev–Trinajstić information content (AvgIpc) is 2.34. The van der Waals surface area contributed by atoms with Crippen molar-refractivity contribution in [1.29, 1.82) is 0 Å². The lowest BCUT2D eigenvalue weighted by Crippen LogP contribution is -2.30. The van der Waals surface area contributed by atoms with Gasteiger partial charge in [0.2, 0.25) is 0 Å². The molecule has 1 atom stereocenters. The van der Waals surface area contributed by atoms with Crippen molar-refractivity contribution < 1.29 is 4.74 Å². The molecular formula is C9H15BrO. The lowest BCUT2D eigenvalue weighted by atomic mass is 9.83. The first-order valence-corrected chi connectivity index (χ1v) is 5.50. The Balaban J connectivity index is 1.98. The zero-order chi connectivity index (χ0) is 7.73. The zero-order valence-corrected chi connectivity index (χ0v) is 8.40. The maximum atomic E-state index is 5.85. The fraction of sp³-hybridized carbons (Fsp3) is 1.00. The second-order valence-electron chi connectivity index (χ2n) is 3.86. The van der Waals surface area contributed by atoms with Gasteiger partial charge in [0.15, 0.2) is 0 Å². The van der Waals surface area contributed by atoms with Crippen molar-refractivity contribution in [2.45, 2.75) is 49.0 Å². The Morgan fingerprint density at radius 3 is 2.45 bits per heavy atom.